The zero-order chi connectivity index (χ0) is 13.1. The Morgan fingerprint density at radius 3 is 2.83 bits per heavy atom. The van der Waals surface area contributed by atoms with Crippen LogP contribution in [0.1, 0.15) is 18.6 Å². The van der Waals surface area contributed by atoms with Crippen molar-refractivity contribution in [3.8, 4) is 11.5 Å². The summed E-state index contributed by atoms with van der Waals surface area (Å²) in [6.07, 6.45) is -2.98. The van der Waals surface area contributed by atoms with Crippen molar-refractivity contribution >= 4 is 5.97 Å². The van der Waals surface area contributed by atoms with Crippen LogP contribution in [0.5, 0.6) is 11.5 Å². The van der Waals surface area contributed by atoms with Gasteiger partial charge in [-0.1, -0.05) is 6.07 Å². The molecule has 0 amide bonds. The van der Waals surface area contributed by atoms with E-state index in [0.29, 0.717) is 17.1 Å². The molecule has 2 rings (SSSR count). The molecule has 6 heteroatoms. The molecule has 0 saturated heterocycles. The second kappa shape index (κ2) is 5.24. The number of ether oxygens (including phenoxy) is 3. The molecule has 0 bridgehead atoms. The number of rotatable bonds is 4. The van der Waals surface area contributed by atoms with Crippen molar-refractivity contribution in [2.45, 2.75) is 19.1 Å². The predicted octanol–water partition coefficient (Wildman–Crippen LogP) is 0.373. The maximum atomic E-state index is 11.3. The zero-order valence-corrected chi connectivity index (χ0v) is 9.83. The molecule has 0 spiro atoms. The van der Waals surface area contributed by atoms with Crippen LogP contribution in [0, 0.1) is 0 Å². The molecule has 1 aliphatic heterocycles. The highest BCUT2D eigenvalue weighted by Gasteiger charge is 2.28. The van der Waals surface area contributed by atoms with Crippen LogP contribution in [0.2, 0.25) is 0 Å². The summed E-state index contributed by atoms with van der Waals surface area (Å²) in [5.74, 6) is 0.182. The van der Waals surface area contributed by atoms with Gasteiger partial charge >= 0.3 is 5.97 Å². The molecule has 1 aromatic carbocycles. The quantitative estimate of drug-likeness (QED) is 0.755. The van der Waals surface area contributed by atoms with Crippen molar-refractivity contribution in [1.29, 1.82) is 0 Å². The number of hydrogen-bond donors (Lipinski definition) is 2. The normalized spacial score (nSPS) is 16.2. The molecule has 0 fully saturated rings. The summed E-state index contributed by atoms with van der Waals surface area (Å²) in [6, 6.07) is 4.69. The van der Waals surface area contributed by atoms with E-state index in [0.717, 1.165) is 0 Å². The Morgan fingerprint density at radius 2 is 2.11 bits per heavy atom. The van der Waals surface area contributed by atoms with E-state index in [9.17, 15) is 15.0 Å². The Bertz CT molecular complexity index is 444. The van der Waals surface area contributed by atoms with Gasteiger partial charge in [-0.25, -0.2) is 4.79 Å². The molecular formula is C12H14O6. The van der Waals surface area contributed by atoms with Gasteiger partial charge in [0.05, 0.1) is 6.61 Å². The molecule has 0 aromatic heterocycles. The molecule has 2 N–H and O–H groups in total. The van der Waals surface area contributed by atoms with Gasteiger partial charge in [-0.05, 0) is 24.6 Å². The van der Waals surface area contributed by atoms with Gasteiger partial charge in [-0.3, -0.25) is 0 Å². The van der Waals surface area contributed by atoms with Crippen LogP contribution >= 0.6 is 0 Å². The molecular weight excluding hydrogens is 240 g/mol. The van der Waals surface area contributed by atoms with E-state index in [-0.39, 0.29) is 13.4 Å². The molecule has 1 aliphatic rings. The third-order valence-electron chi connectivity index (χ3n) is 2.57. The van der Waals surface area contributed by atoms with E-state index in [1.165, 1.54) is 6.07 Å². The van der Waals surface area contributed by atoms with Crippen LogP contribution in [0.4, 0.5) is 0 Å². The lowest BCUT2D eigenvalue weighted by molar-refractivity contribution is -0.159. The Kier molecular flexibility index (Phi) is 3.69. The summed E-state index contributed by atoms with van der Waals surface area (Å²) in [4.78, 5) is 11.3. The third kappa shape index (κ3) is 2.39. The van der Waals surface area contributed by atoms with Gasteiger partial charge in [0.1, 0.15) is 6.10 Å². The van der Waals surface area contributed by atoms with Gasteiger partial charge in [0.15, 0.2) is 17.6 Å². The largest absolute Gasteiger partial charge is 0.464 e. The molecule has 0 saturated carbocycles. The van der Waals surface area contributed by atoms with Crippen molar-refractivity contribution < 1.29 is 29.2 Å². The first-order valence-electron chi connectivity index (χ1n) is 5.55. The lowest BCUT2D eigenvalue weighted by Gasteiger charge is -2.16. The van der Waals surface area contributed by atoms with E-state index >= 15 is 0 Å². The summed E-state index contributed by atoms with van der Waals surface area (Å²) < 4.78 is 14.9. The van der Waals surface area contributed by atoms with Crippen LogP contribution in [0.3, 0.4) is 0 Å². The summed E-state index contributed by atoms with van der Waals surface area (Å²) in [5.41, 5.74) is 0.361. The highest BCUT2D eigenvalue weighted by molar-refractivity contribution is 5.75. The van der Waals surface area contributed by atoms with E-state index in [2.05, 4.69) is 4.74 Å². The van der Waals surface area contributed by atoms with Crippen molar-refractivity contribution in [1.82, 2.24) is 0 Å². The Hall–Kier alpha value is -1.79. The van der Waals surface area contributed by atoms with Crippen molar-refractivity contribution in [3.63, 3.8) is 0 Å². The van der Waals surface area contributed by atoms with Crippen LogP contribution in [0.25, 0.3) is 0 Å². The molecule has 2 unspecified atom stereocenters. The Labute approximate surface area is 104 Å². The van der Waals surface area contributed by atoms with Gasteiger partial charge < -0.3 is 24.4 Å². The van der Waals surface area contributed by atoms with E-state index in [1.54, 1.807) is 19.1 Å². The maximum Gasteiger partial charge on any atom is 0.338 e. The fourth-order valence-corrected chi connectivity index (χ4v) is 1.64. The monoisotopic (exact) mass is 254 g/mol. The number of carbonyl (C=O) groups is 1. The lowest BCUT2D eigenvalue weighted by Crippen LogP contribution is -2.29. The molecule has 6 nitrogen and oxygen atoms in total. The van der Waals surface area contributed by atoms with Gasteiger partial charge in [0.25, 0.3) is 0 Å². The molecule has 98 valence electrons. The first-order chi connectivity index (χ1) is 8.63. The Morgan fingerprint density at radius 1 is 1.39 bits per heavy atom. The first kappa shape index (κ1) is 12.7. The molecule has 18 heavy (non-hydrogen) atoms. The van der Waals surface area contributed by atoms with Crippen LogP contribution < -0.4 is 9.47 Å². The highest BCUT2D eigenvalue weighted by atomic mass is 16.7. The predicted molar refractivity (Wildman–Crippen MR) is 60.2 cm³/mol. The molecule has 1 aromatic rings. The van der Waals surface area contributed by atoms with Gasteiger partial charge in [0, 0.05) is 0 Å². The number of esters is 1. The van der Waals surface area contributed by atoms with Gasteiger partial charge in [-0.2, -0.15) is 0 Å². The number of fused-ring (bicyclic) bond motifs is 1. The number of aliphatic hydroxyl groups is 2. The minimum absolute atomic E-state index is 0.120. The second-order valence-electron chi connectivity index (χ2n) is 3.75. The van der Waals surface area contributed by atoms with Gasteiger partial charge in [-0.15, -0.1) is 0 Å². The summed E-state index contributed by atoms with van der Waals surface area (Å²) in [5, 5.41) is 19.5. The molecule has 2 atom stereocenters. The van der Waals surface area contributed by atoms with Crippen LogP contribution in [-0.2, 0) is 9.53 Å². The third-order valence-corrected chi connectivity index (χ3v) is 2.57. The first-order valence-corrected chi connectivity index (χ1v) is 5.55. The fraction of sp³-hybridized carbons (Fsp3) is 0.417. The minimum Gasteiger partial charge on any atom is -0.464 e. The van der Waals surface area contributed by atoms with E-state index in [4.69, 9.17) is 9.47 Å². The van der Waals surface area contributed by atoms with Crippen molar-refractivity contribution in [3.05, 3.63) is 23.8 Å². The summed E-state index contributed by atoms with van der Waals surface area (Å²) in [7, 11) is 0. The standard InChI is InChI=1S/C12H14O6/c1-2-16-12(15)11(14)10(13)7-3-4-8-9(5-7)18-6-17-8/h3-5,10-11,13-14H,2,6H2,1H3. The van der Waals surface area contributed by atoms with Gasteiger partial charge in [0.2, 0.25) is 6.79 Å². The highest BCUT2D eigenvalue weighted by Crippen LogP contribution is 2.34. The molecule has 1 heterocycles. The lowest BCUT2D eigenvalue weighted by atomic mass is 10.0. The summed E-state index contributed by atoms with van der Waals surface area (Å²) in [6.45, 7) is 1.89. The fourth-order valence-electron chi connectivity index (χ4n) is 1.64. The molecule has 0 aliphatic carbocycles. The smallest absolute Gasteiger partial charge is 0.338 e. The Balaban J connectivity index is 2.13. The topological polar surface area (TPSA) is 85.2 Å². The summed E-state index contributed by atoms with van der Waals surface area (Å²) >= 11 is 0. The maximum absolute atomic E-state index is 11.3. The number of carbonyl (C=O) groups excluding carboxylic acids is 1. The second-order valence-corrected chi connectivity index (χ2v) is 3.75. The number of aliphatic hydroxyl groups excluding tert-OH is 2. The van der Waals surface area contributed by atoms with Crippen molar-refractivity contribution in [2.75, 3.05) is 13.4 Å². The number of benzene rings is 1. The average Bonchev–Trinajstić information content (AvgIpc) is 2.84. The van der Waals surface area contributed by atoms with E-state index in [1.807, 2.05) is 0 Å². The van der Waals surface area contributed by atoms with Crippen LogP contribution in [-0.4, -0.2) is 35.7 Å². The SMILES string of the molecule is CCOC(=O)C(O)C(O)c1ccc2c(c1)OCO2. The van der Waals surface area contributed by atoms with E-state index < -0.39 is 18.2 Å². The molecule has 0 radical (unpaired) electrons. The minimum atomic E-state index is -1.62. The number of hydrogen-bond acceptors (Lipinski definition) is 6. The average molecular weight is 254 g/mol. The van der Waals surface area contributed by atoms with Crippen molar-refractivity contribution in [2.24, 2.45) is 0 Å². The van der Waals surface area contributed by atoms with Crippen LogP contribution in [0.15, 0.2) is 18.2 Å². The zero-order valence-electron chi connectivity index (χ0n) is 9.83.